The highest BCUT2D eigenvalue weighted by Gasteiger charge is 2.55. The molecule has 6 aliphatic carbocycles. The lowest BCUT2D eigenvalue weighted by molar-refractivity contribution is 0.0687. The molecule has 9 unspecified atom stereocenters. The Balaban J connectivity index is 1.46. The van der Waals surface area contributed by atoms with Gasteiger partial charge in [0.25, 0.3) is 0 Å². The zero-order valence-corrected chi connectivity index (χ0v) is 21.0. The number of rotatable bonds is 4. The number of carboxylic acid groups (broad SMARTS) is 1. The van der Waals surface area contributed by atoms with E-state index in [1.165, 1.54) is 93.7 Å². The molecule has 1 aromatic rings. The molecule has 2 nitrogen and oxygen atoms in total. The number of carbonyl (C=O) groups is 1. The van der Waals surface area contributed by atoms with Gasteiger partial charge in [-0.2, -0.15) is 0 Å². The van der Waals surface area contributed by atoms with Crippen molar-refractivity contribution in [3.8, 4) is 0 Å². The lowest BCUT2D eigenvalue weighted by Crippen LogP contribution is -2.38. The van der Waals surface area contributed by atoms with E-state index in [4.69, 9.17) is 0 Å². The summed E-state index contributed by atoms with van der Waals surface area (Å²) in [5, 5.41) is 10.8. The number of hydrogen-bond donors (Lipinski definition) is 1. The maximum atomic E-state index is 13.1. The Hall–Kier alpha value is -1.31. The van der Waals surface area contributed by atoms with Crippen LogP contribution in [0.4, 0.5) is 0 Å². The van der Waals surface area contributed by atoms with E-state index < -0.39 is 5.97 Å². The topological polar surface area (TPSA) is 37.3 Å². The van der Waals surface area contributed by atoms with Crippen molar-refractivity contribution < 1.29 is 9.90 Å². The number of hydrogen-bond acceptors (Lipinski definition) is 1. The minimum absolute atomic E-state index is 0.0450. The monoisotopic (exact) mass is 446 g/mol. The van der Waals surface area contributed by atoms with E-state index in [-0.39, 0.29) is 16.2 Å². The second-order valence-electron chi connectivity index (χ2n) is 14.2. The molecule has 6 fully saturated rings. The van der Waals surface area contributed by atoms with Gasteiger partial charge in [-0.05, 0) is 126 Å². The summed E-state index contributed by atoms with van der Waals surface area (Å²) in [5.41, 5.74) is 5.05. The molecule has 1 aromatic carbocycles. The maximum absolute atomic E-state index is 13.1. The first kappa shape index (κ1) is 21.0. The second-order valence-corrected chi connectivity index (χ2v) is 14.2. The average molecular weight is 447 g/mol. The van der Waals surface area contributed by atoms with E-state index in [0.717, 1.165) is 29.2 Å². The van der Waals surface area contributed by atoms with Crippen LogP contribution in [0.15, 0.2) is 12.1 Å². The van der Waals surface area contributed by atoms with E-state index in [9.17, 15) is 9.90 Å². The second kappa shape index (κ2) is 6.67. The first-order valence-corrected chi connectivity index (χ1v) is 14.1. The van der Waals surface area contributed by atoms with Crippen LogP contribution in [0.25, 0.3) is 0 Å². The Morgan fingerprint density at radius 2 is 1.09 bits per heavy atom. The van der Waals surface area contributed by atoms with Gasteiger partial charge in [0.2, 0.25) is 0 Å². The molecule has 0 radical (unpaired) electrons. The van der Waals surface area contributed by atoms with Gasteiger partial charge in [0, 0.05) is 0 Å². The molecular formula is C31H42O2. The minimum Gasteiger partial charge on any atom is -0.478 e. The summed E-state index contributed by atoms with van der Waals surface area (Å²) in [5.74, 6) is 3.99. The first-order chi connectivity index (χ1) is 15.7. The summed E-state index contributed by atoms with van der Waals surface area (Å²) >= 11 is 0. The highest BCUT2D eigenvalue weighted by atomic mass is 16.4. The Bertz CT molecular complexity index is 971. The van der Waals surface area contributed by atoms with Crippen LogP contribution in [0.3, 0.4) is 0 Å². The van der Waals surface area contributed by atoms with E-state index in [0.29, 0.717) is 11.8 Å². The fourth-order valence-electron chi connectivity index (χ4n) is 10.9. The van der Waals surface area contributed by atoms with Crippen molar-refractivity contribution in [2.75, 3.05) is 0 Å². The molecule has 6 bridgehead atoms. The molecule has 9 atom stereocenters. The third-order valence-electron chi connectivity index (χ3n) is 12.7. The number of fused-ring (bicyclic) bond motifs is 6. The smallest absolute Gasteiger partial charge is 0.336 e. The average Bonchev–Trinajstić information content (AvgIpc) is 3.60. The van der Waals surface area contributed by atoms with Crippen molar-refractivity contribution in [1.82, 2.24) is 0 Å². The van der Waals surface area contributed by atoms with Gasteiger partial charge in [-0.1, -0.05) is 52.2 Å². The summed E-state index contributed by atoms with van der Waals surface area (Å²) < 4.78 is 0. The van der Waals surface area contributed by atoms with Crippen LogP contribution in [0.1, 0.15) is 125 Å². The van der Waals surface area contributed by atoms with Gasteiger partial charge in [0.1, 0.15) is 0 Å². The third kappa shape index (κ3) is 2.70. The maximum Gasteiger partial charge on any atom is 0.336 e. The molecule has 7 rings (SSSR count). The molecule has 0 heterocycles. The Morgan fingerprint density at radius 3 is 1.39 bits per heavy atom. The zero-order valence-electron chi connectivity index (χ0n) is 21.0. The Morgan fingerprint density at radius 1 is 0.697 bits per heavy atom. The van der Waals surface area contributed by atoms with Crippen LogP contribution >= 0.6 is 0 Å². The Kier molecular flexibility index (Phi) is 4.25. The van der Waals surface area contributed by atoms with Crippen LogP contribution in [0.2, 0.25) is 0 Å². The minimum atomic E-state index is -0.655. The van der Waals surface area contributed by atoms with E-state index >= 15 is 0 Å². The molecule has 0 amide bonds. The molecule has 0 saturated heterocycles. The van der Waals surface area contributed by atoms with Crippen LogP contribution < -0.4 is 0 Å². The van der Waals surface area contributed by atoms with Crippen LogP contribution in [-0.4, -0.2) is 11.1 Å². The molecular weight excluding hydrogens is 404 g/mol. The summed E-state index contributed by atoms with van der Waals surface area (Å²) in [6.07, 6.45) is 15.8. The normalized spacial score (nSPS) is 49.4. The van der Waals surface area contributed by atoms with Crippen molar-refractivity contribution in [3.05, 3.63) is 34.4 Å². The summed E-state index contributed by atoms with van der Waals surface area (Å²) in [6.45, 7) is 7.42. The van der Waals surface area contributed by atoms with Gasteiger partial charge >= 0.3 is 5.97 Å². The van der Waals surface area contributed by atoms with Crippen LogP contribution in [0, 0.1) is 35.5 Å². The molecule has 0 spiro atoms. The molecule has 178 valence electrons. The molecule has 33 heavy (non-hydrogen) atoms. The fourth-order valence-corrected chi connectivity index (χ4v) is 10.9. The molecule has 2 heteroatoms. The van der Waals surface area contributed by atoms with E-state index in [1.807, 2.05) is 0 Å². The predicted octanol–water partition coefficient (Wildman–Crippen LogP) is 7.62. The van der Waals surface area contributed by atoms with Crippen LogP contribution in [-0.2, 0) is 16.2 Å². The van der Waals surface area contributed by atoms with Crippen LogP contribution in [0.5, 0.6) is 0 Å². The molecule has 6 saturated carbocycles. The largest absolute Gasteiger partial charge is 0.478 e. The van der Waals surface area contributed by atoms with Crippen molar-refractivity contribution in [1.29, 1.82) is 0 Å². The van der Waals surface area contributed by atoms with Crippen molar-refractivity contribution >= 4 is 5.97 Å². The SMILES string of the molecule is CC1(c2cc(C3(C)CC4CCC3C4)c(C(=O)O)c(C3(C)CC4CCC3C4)c2)CC2CCC1C2. The highest BCUT2D eigenvalue weighted by molar-refractivity contribution is 5.92. The predicted molar refractivity (Wildman–Crippen MR) is 132 cm³/mol. The zero-order chi connectivity index (χ0) is 22.8. The first-order valence-electron chi connectivity index (χ1n) is 14.1. The van der Waals surface area contributed by atoms with Gasteiger partial charge < -0.3 is 5.11 Å². The third-order valence-corrected chi connectivity index (χ3v) is 12.7. The lowest BCUT2D eigenvalue weighted by atomic mass is 9.61. The van der Waals surface area contributed by atoms with Crippen molar-refractivity contribution in [2.45, 2.75) is 114 Å². The highest BCUT2D eigenvalue weighted by Crippen LogP contribution is 2.63. The Labute approximate surface area is 199 Å². The standard InChI is InChI=1S/C31H42O2/c1-29(15-18-4-7-21(29)10-18)24-13-25(30(2)16-19-5-8-22(30)11-19)27(28(32)33)26(14-24)31(3)17-20-6-9-23(31)12-20/h13-14,18-23H,4-12,15-17H2,1-3H3,(H,32,33). The van der Waals surface area contributed by atoms with Gasteiger partial charge in [-0.25, -0.2) is 4.79 Å². The van der Waals surface area contributed by atoms with Gasteiger partial charge in [0.05, 0.1) is 5.56 Å². The quantitative estimate of drug-likeness (QED) is 0.516. The van der Waals surface area contributed by atoms with Gasteiger partial charge in [-0.15, -0.1) is 0 Å². The fraction of sp³-hybridized carbons (Fsp3) is 0.774. The molecule has 6 aliphatic rings. The van der Waals surface area contributed by atoms with Gasteiger partial charge in [-0.3, -0.25) is 0 Å². The summed E-state index contributed by atoms with van der Waals surface area (Å²) in [7, 11) is 0. The number of benzene rings is 1. The lowest BCUT2D eigenvalue weighted by Gasteiger charge is -2.43. The summed E-state index contributed by atoms with van der Waals surface area (Å²) in [6, 6.07) is 4.93. The molecule has 0 aromatic heterocycles. The number of carboxylic acids is 1. The molecule has 0 aliphatic heterocycles. The van der Waals surface area contributed by atoms with Gasteiger partial charge in [0.15, 0.2) is 0 Å². The van der Waals surface area contributed by atoms with Crippen molar-refractivity contribution in [2.24, 2.45) is 35.5 Å². The molecule has 1 N–H and O–H groups in total. The van der Waals surface area contributed by atoms with E-state index in [2.05, 4.69) is 32.9 Å². The van der Waals surface area contributed by atoms with Crippen molar-refractivity contribution in [3.63, 3.8) is 0 Å². The summed E-state index contributed by atoms with van der Waals surface area (Å²) in [4.78, 5) is 13.1. The number of aromatic carboxylic acids is 1. The van der Waals surface area contributed by atoms with E-state index in [1.54, 1.807) is 0 Å².